The molecule has 5 aliphatic heterocycles. The molecule has 0 fully saturated rings. The number of furan rings is 1. The van der Waals surface area contributed by atoms with E-state index in [1.165, 1.54) is 146 Å². The SMILES string of the molecule is CCCCC(C)(C)c1cc(N2c3cc4c5cc3B3c6c2cc(C)cc6N2c6cc7c(cc6-c6ccc(cc6)C6(C)CCC(C)(CC5(C)CCC4(C)C)c4c6oc2c43)C(C)(CC)CCC7(C)C)ccc1CC. The molecule has 0 amide bonds. The summed E-state index contributed by atoms with van der Waals surface area (Å²) in [6.07, 6.45) is 13.8. The van der Waals surface area contributed by atoms with Gasteiger partial charge in [-0.1, -0.05) is 132 Å². The molecule has 4 heteroatoms. The summed E-state index contributed by atoms with van der Waals surface area (Å²) in [5, 5.41) is 0. The molecule has 0 N–H and O–H groups in total. The third-order valence-corrected chi connectivity index (χ3v) is 21.2. The number of hydrogen-bond donors (Lipinski definition) is 0. The molecule has 1 aromatic heterocycles. The standard InChI is InChI=1S/C67H79BN2O/c1-15-18-25-61(5,6)46-34-44(24-21-41(46)16-2)69-53-38-48-50-36-51(53)68-57-54(69)32-40(4)33-55(57)70-52-37-47-49(64(11,17-3)28-26-62(47,7)8)35-45(52)42-19-22-43(23-20-42)67(14)31-30-66(13,56-58(68)60(70)71-59(56)67)39-65(50,12)29-27-63(48,9)10/h19-24,32-38H,15-18,25-31,39H2,1-14H3. The summed E-state index contributed by atoms with van der Waals surface area (Å²) in [6.45, 7) is 34.9. The Morgan fingerprint density at radius 2 is 1.31 bits per heavy atom. The fraction of sp³-hybridized carbons (Fsp3) is 0.493. The first-order valence-corrected chi connectivity index (χ1v) is 28.1. The Labute approximate surface area is 427 Å². The van der Waals surface area contributed by atoms with Gasteiger partial charge in [-0.15, -0.1) is 0 Å². The minimum atomic E-state index is -0.279. The number of aryl methyl sites for hydroxylation is 2. The molecule has 4 atom stereocenters. The number of unbranched alkanes of at least 4 members (excludes halogenated alkanes) is 1. The predicted molar refractivity (Wildman–Crippen MR) is 302 cm³/mol. The summed E-state index contributed by atoms with van der Waals surface area (Å²) in [6, 6.07) is 33.4. The second-order valence-corrected chi connectivity index (χ2v) is 27.3. The topological polar surface area (TPSA) is 19.6 Å². The van der Waals surface area contributed by atoms with Gasteiger partial charge in [0.05, 0.1) is 11.1 Å². The van der Waals surface area contributed by atoms with Crippen LogP contribution in [0.4, 0.5) is 34.3 Å². The van der Waals surface area contributed by atoms with Crippen molar-refractivity contribution in [1.29, 1.82) is 0 Å². The molecule has 0 radical (unpaired) electrons. The highest BCUT2D eigenvalue weighted by atomic mass is 16.4. The van der Waals surface area contributed by atoms with Crippen LogP contribution in [0.1, 0.15) is 216 Å². The van der Waals surface area contributed by atoms with E-state index in [9.17, 15) is 0 Å². The van der Waals surface area contributed by atoms with E-state index < -0.39 is 0 Å². The summed E-state index contributed by atoms with van der Waals surface area (Å²) in [7, 11) is 0. The van der Waals surface area contributed by atoms with Crippen LogP contribution in [0.15, 0.2) is 83.3 Å². The second kappa shape index (κ2) is 14.6. The zero-order valence-corrected chi connectivity index (χ0v) is 45.9. The summed E-state index contributed by atoms with van der Waals surface area (Å²) < 4.78 is 8.09. The van der Waals surface area contributed by atoms with Gasteiger partial charge in [-0.05, 0) is 225 Å². The third kappa shape index (κ3) is 6.03. The van der Waals surface area contributed by atoms with Crippen molar-refractivity contribution in [2.75, 3.05) is 9.80 Å². The van der Waals surface area contributed by atoms with Gasteiger partial charge < -0.3 is 9.32 Å². The molecule has 71 heavy (non-hydrogen) atoms. The predicted octanol–water partition coefficient (Wildman–Crippen LogP) is 16.5. The smallest absolute Gasteiger partial charge is 0.256 e. The molecule has 366 valence electrons. The molecule has 3 aliphatic carbocycles. The van der Waals surface area contributed by atoms with Gasteiger partial charge in [-0.2, -0.15) is 0 Å². The molecule has 14 rings (SSSR count). The lowest BCUT2D eigenvalue weighted by Crippen LogP contribution is -2.62. The third-order valence-electron chi connectivity index (χ3n) is 21.2. The maximum Gasteiger partial charge on any atom is 0.256 e. The molecular weight excluding hydrogens is 860 g/mol. The maximum atomic E-state index is 8.09. The summed E-state index contributed by atoms with van der Waals surface area (Å²) in [5.74, 6) is 2.28. The number of rotatable bonds is 7. The van der Waals surface area contributed by atoms with E-state index in [1.807, 2.05) is 0 Å². The lowest BCUT2D eigenvalue weighted by atomic mass is 9.32. The molecule has 6 heterocycles. The fourth-order valence-corrected chi connectivity index (χ4v) is 16.4. The van der Waals surface area contributed by atoms with Gasteiger partial charge in [0.15, 0.2) is 5.88 Å². The van der Waals surface area contributed by atoms with Crippen molar-refractivity contribution in [2.24, 2.45) is 0 Å². The van der Waals surface area contributed by atoms with Crippen LogP contribution in [0.5, 0.6) is 0 Å². The molecule has 6 aromatic rings. The zero-order valence-electron chi connectivity index (χ0n) is 45.9. The normalized spacial score (nSPS) is 26.4. The van der Waals surface area contributed by atoms with E-state index in [-0.39, 0.29) is 44.6 Å². The van der Waals surface area contributed by atoms with Crippen molar-refractivity contribution in [1.82, 2.24) is 0 Å². The van der Waals surface area contributed by atoms with Crippen LogP contribution in [0.3, 0.4) is 0 Å². The van der Waals surface area contributed by atoms with Crippen LogP contribution in [0, 0.1) is 6.92 Å². The number of hydrogen-bond acceptors (Lipinski definition) is 3. The first kappa shape index (κ1) is 45.9. The van der Waals surface area contributed by atoms with Gasteiger partial charge in [0.25, 0.3) is 6.71 Å². The van der Waals surface area contributed by atoms with Crippen LogP contribution >= 0.6 is 0 Å². The van der Waals surface area contributed by atoms with Crippen molar-refractivity contribution >= 4 is 57.4 Å². The molecule has 3 nitrogen and oxygen atoms in total. The highest BCUT2D eigenvalue weighted by Crippen LogP contribution is 2.62. The zero-order chi connectivity index (χ0) is 49.7. The van der Waals surface area contributed by atoms with Crippen molar-refractivity contribution < 1.29 is 4.42 Å². The Bertz CT molecular complexity index is 3270. The van der Waals surface area contributed by atoms with Crippen LogP contribution in [-0.2, 0) is 44.3 Å². The van der Waals surface area contributed by atoms with Gasteiger partial charge in [0, 0.05) is 28.3 Å². The van der Waals surface area contributed by atoms with E-state index in [1.54, 1.807) is 11.1 Å². The van der Waals surface area contributed by atoms with Crippen molar-refractivity contribution in [3.05, 3.63) is 135 Å². The lowest BCUT2D eigenvalue weighted by Gasteiger charge is -2.50. The molecule has 4 unspecified atom stereocenters. The van der Waals surface area contributed by atoms with Gasteiger partial charge >= 0.3 is 0 Å². The van der Waals surface area contributed by atoms with E-state index in [0.29, 0.717) is 0 Å². The van der Waals surface area contributed by atoms with Gasteiger partial charge in [-0.3, -0.25) is 4.90 Å². The Hall–Kier alpha value is -4.96. The van der Waals surface area contributed by atoms with E-state index in [4.69, 9.17) is 4.42 Å². The maximum absolute atomic E-state index is 8.09. The lowest BCUT2D eigenvalue weighted by molar-refractivity contribution is 0.202. The minimum absolute atomic E-state index is 0.00764. The highest BCUT2D eigenvalue weighted by Gasteiger charge is 2.59. The average Bonchev–Trinajstić information content (AvgIpc) is 3.76. The molecule has 0 saturated carbocycles. The first-order valence-electron chi connectivity index (χ1n) is 28.1. The van der Waals surface area contributed by atoms with Gasteiger partial charge in [0.1, 0.15) is 5.76 Å². The summed E-state index contributed by atoms with van der Waals surface area (Å²) in [5.41, 5.74) is 26.7. The van der Waals surface area contributed by atoms with Crippen molar-refractivity contribution in [3.63, 3.8) is 0 Å². The largest absolute Gasteiger partial charge is 0.444 e. The van der Waals surface area contributed by atoms with Crippen LogP contribution < -0.4 is 26.2 Å². The molecule has 8 aliphatic rings. The summed E-state index contributed by atoms with van der Waals surface area (Å²) >= 11 is 0. The Balaban J connectivity index is 1.20. The quantitative estimate of drug-likeness (QED) is 0.148. The first-order chi connectivity index (χ1) is 33.6. The van der Waals surface area contributed by atoms with Crippen LogP contribution in [0.2, 0.25) is 0 Å². The fourth-order valence-electron chi connectivity index (χ4n) is 16.4. The average molecular weight is 939 g/mol. The van der Waals surface area contributed by atoms with E-state index in [2.05, 4.69) is 186 Å². The Morgan fingerprint density at radius 1 is 0.634 bits per heavy atom. The van der Waals surface area contributed by atoms with Crippen molar-refractivity contribution in [3.8, 4) is 11.1 Å². The molecule has 0 spiro atoms. The molecule has 5 aromatic carbocycles. The second-order valence-electron chi connectivity index (χ2n) is 27.3. The Morgan fingerprint density at radius 3 is 2.01 bits per heavy atom. The number of anilines is 6. The van der Waals surface area contributed by atoms with Crippen LogP contribution in [0.25, 0.3) is 11.1 Å². The van der Waals surface area contributed by atoms with E-state index >= 15 is 0 Å². The number of benzene rings is 5. The van der Waals surface area contributed by atoms with Crippen molar-refractivity contribution in [2.45, 2.75) is 212 Å². The minimum Gasteiger partial charge on any atom is -0.444 e. The van der Waals surface area contributed by atoms with E-state index in [0.717, 1.165) is 38.0 Å². The Kier molecular flexibility index (Phi) is 9.45. The monoisotopic (exact) mass is 939 g/mol. The molecule has 6 bridgehead atoms. The molecular formula is C67H79BN2O. The van der Waals surface area contributed by atoms with Crippen LogP contribution in [-0.4, -0.2) is 6.71 Å². The van der Waals surface area contributed by atoms with Gasteiger partial charge in [-0.25, -0.2) is 0 Å². The van der Waals surface area contributed by atoms with Gasteiger partial charge in [0.2, 0.25) is 0 Å². The number of fused-ring (bicyclic) bond motifs is 3. The molecule has 0 saturated heterocycles. The number of nitrogens with zero attached hydrogens (tertiary/aromatic N) is 2. The summed E-state index contributed by atoms with van der Waals surface area (Å²) in [4.78, 5) is 5.44. The highest BCUT2D eigenvalue weighted by molar-refractivity contribution is 7.00.